The molecule has 1 radical (unpaired) electrons. The Morgan fingerprint density at radius 1 is 1.06 bits per heavy atom. The molecule has 0 aliphatic carbocycles. The summed E-state index contributed by atoms with van der Waals surface area (Å²) < 4.78 is 11.5. The van der Waals surface area contributed by atoms with Gasteiger partial charge in [0.15, 0.2) is 5.79 Å². The predicted octanol–water partition coefficient (Wildman–Crippen LogP) is 3.87. The van der Waals surface area contributed by atoms with E-state index in [-0.39, 0.29) is 6.10 Å². The van der Waals surface area contributed by atoms with Crippen LogP contribution >= 0.6 is 0 Å². The molecule has 2 heteroatoms. The van der Waals surface area contributed by atoms with E-state index in [1.54, 1.807) is 0 Å². The maximum atomic E-state index is 5.99. The van der Waals surface area contributed by atoms with E-state index in [0.29, 0.717) is 6.61 Å². The minimum atomic E-state index is -0.517. The van der Waals surface area contributed by atoms with Crippen molar-refractivity contribution in [2.75, 3.05) is 6.61 Å². The van der Waals surface area contributed by atoms with Gasteiger partial charge in [0.1, 0.15) is 0 Å². The summed E-state index contributed by atoms with van der Waals surface area (Å²) in [5.74, 6) is -0.517. The number of benzene rings is 2. The molecule has 0 bridgehead atoms. The summed E-state index contributed by atoms with van der Waals surface area (Å²) in [4.78, 5) is 0. The first-order valence-corrected chi connectivity index (χ1v) is 6.28. The molecule has 18 heavy (non-hydrogen) atoms. The lowest BCUT2D eigenvalue weighted by atomic mass is 9.98. The fourth-order valence-electron chi connectivity index (χ4n) is 2.41. The van der Waals surface area contributed by atoms with Gasteiger partial charge in [-0.3, -0.25) is 0 Å². The Balaban J connectivity index is 2.04. The second-order valence-electron chi connectivity index (χ2n) is 5.05. The molecule has 0 aromatic heterocycles. The number of hydrogen-bond acceptors (Lipinski definition) is 2. The summed E-state index contributed by atoms with van der Waals surface area (Å²) in [5.41, 5.74) is 1.21. The minimum absolute atomic E-state index is 0.000139. The van der Waals surface area contributed by atoms with Crippen LogP contribution in [0.5, 0.6) is 0 Å². The third kappa shape index (κ3) is 2.14. The standard InChI is InChI=1S/C16H17O2/c1-16(2)17-11-10-15(18-16)14-9-5-7-12-6-3-4-8-13(12)14/h3-10,15H,11H2,1-2H3. The average Bonchev–Trinajstić information content (AvgIpc) is 2.37. The fourth-order valence-corrected chi connectivity index (χ4v) is 2.41. The van der Waals surface area contributed by atoms with Crippen LogP contribution in [0.4, 0.5) is 0 Å². The lowest BCUT2D eigenvalue weighted by Crippen LogP contribution is -2.36. The SMILES string of the molecule is CC1(C)OC[CH]C(c2cccc3ccccc23)O1. The van der Waals surface area contributed by atoms with Crippen molar-refractivity contribution < 1.29 is 9.47 Å². The van der Waals surface area contributed by atoms with Crippen LogP contribution in [0.15, 0.2) is 42.5 Å². The van der Waals surface area contributed by atoms with Crippen LogP contribution in [0.1, 0.15) is 25.5 Å². The van der Waals surface area contributed by atoms with Gasteiger partial charge in [0, 0.05) is 6.42 Å². The van der Waals surface area contributed by atoms with Crippen molar-refractivity contribution in [1.82, 2.24) is 0 Å². The van der Waals surface area contributed by atoms with Gasteiger partial charge in [0.05, 0.1) is 12.7 Å². The molecule has 2 nitrogen and oxygen atoms in total. The maximum absolute atomic E-state index is 5.99. The highest BCUT2D eigenvalue weighted by atomic mass is 16.7. The van der Waals surface area contributed by atoms with Crippen LogP contribution in [0, 0.1) is 6.42 Å². The molecular formula is C16H17O2. The molecule has 1 atom stereocenters. The summed E-state index contributed by atoms with van der Waals surface area (Å²) in [7, 11) is 0. The average molecular weight is 241 g/mol. The highest BCUT2D eigenvalue weighted by molar-refractivity contribution is 5.86. The summed E-state index contributed by atoms with van der Waals surface area (Å²) in [6.07, 6.45) is 2.08. The van der Waals surface area contributed by atoms with Crippen molar-refractivity contribution in [2.45, 2.75) is 25.7 Å². The summed E-state index contributed by atoms with van der Waals surface area (Å²) in [6.45, 7) is 4.54. The lowest BCUT2D eigenvalue weighted by Gasteiger charge is -2.36. The molecule has 0 amide bonds. The van der Waals surface area contributed by atoms with E-state index < -0.39 is 5.79 Å². The van der Waals surface area contributed by atoms with E-state index >= 15 is 0 Å². The molecule has 93 valence electrons. The zero-order valence-corrected chi connectivity index (χ0v) is 10.7. The molecule has 0 N–H and O–H groups in total. The smallest absolute Gasteiger partial charge is 0.163 e. The van der Waals surface area contributed by atoms with Gasteiger partial charge < -0.3 is 9.47 Å². The number of rotatable bonds is 1. The fraction of sp³-hybridized carbons (Fsp3) is 0.312. The molecule has 1 saturated heterocycles. The molecule has 0 spiro atoms. The Bertz CT molecular complexity index is 555. The van der Waals surface area contributed by atoms with Crippen molar-refractivity contribution in [3.8, 4) is 0 Å². The van der Waals surface area contributed by atoms with Crippen LogP contribution in [-0.4, -0.2) is 12.4 Å². The molecule has 1 aliphatic rings. The molecule has 2 aromatic rings. The van der Waals surface area contributed by atoms with Crippen LogP contribution in [0.25, 0.3) is 10.8 Å². The van der Waals surface area contributed by atoms with Gasteiger partial charge in [0.25, 0.3) is 0 Å². The number of fused-ring (bicyclic) bond motifs is 1. The molecule has 1 unspecified atom stereocenters. The molecule has 1 fully saturated rings. The van der Waals surface area contributed by atoms with Crippen LogP contribution in [0.2, 0.25) is 0 Å². The zero-order valence-electron chi connectivity index (χ0n) is 10.7. The van der Waals surface area contributed by atoms with Crippen LogP contribution < -0.4 is 0 Å². The Morgan fingerprint density at radius 2 is 1.83 bits per heavy atom. The molecular weight excluding hydrogens is 224 g/mol. The summed E-state index contributed by atoms with van der Waals surface area (Å²) in [6, 6.07) is 14.7. The quantitative estimate of drug-likeness (QED) is 0.754. The van der Waals surface area contributed by atoms with Gasteiger partial charge in [-0.1, -0.05) is 42.5 Å². The van der Waals surface area contributed by atoms with Crippen LogP contribution in [-0.2, 0) is 9.47 Å². The van der Waals surface area contributed by atoms with E-state index in [1.165, 1.54) is 16.3 Å². The number of ether oxygens (including phenoxy) is 2. The predicted molar refractivity (Wildman–Crippen MR) is 72.1 cm³/mol. The Hall–Kier alpha value is -1.38. The van der Waals surface area contributed by atoms with Crippen LogP contribution in [0.3, 0.4) is 0 Å². The van der Waals surface area contributed by atoms with Crippen molar-refractivity contribution in [3.63, 3.8) is 0 Å². The minimum Gasteiger partial charge on any atom is -0.350 e. The molecule has 1 heterocycles. The van der Waals surface area contributed by atoms with E-state index in [1.807, 2.05) is 13.8 Å². The van der Waals surface area contributed by atoms with E-state index in [4.69, 9.17) is 9.47 Å². The first-order valence-electron chi connectivity index (χ1n) is 6.28. The Kier molecular flexibility index (Phi) is 2.84. The normalized spacial score (nSPS) is 23.1. The highest BCUT2D eigenvalue weighted by Gasteiger charge is 2.31. The molecule has 1 aliphatic heterocycles. The second-order valence-corrected chi connectivity index (χ2v) is 5.05. The van der Waals surface area contributed by atoms with E-state index in [2.05, 4.69) is 48.9 Å². The van der Waals surface area contributed by atoms with Crippen molar-refractivity contribution >= 4 is 10.8 Å². The molecule has 0 saturated carbocycles. The first-order chi connectivity index (χ1) is 8.66. The van der Waals surface area contributed by atoms with Gasteiger partial charge in [-0.15, -0.1) is 0 Å². The van der Waals surface area contributed by atoms with Crippen molar-refractivity contribution in [3.05, 3.63) is 54.4 Å². The Morgan fingerprint density at radius 3 is 2.67 bits per heavy atom. The first kappa shape index (κ1) is 11.7. The third-order valence-corrected chi connectivity index (χ3v) is 3.28. The van der Waals surface area contributed by atoms with Gasteiger partial charge >= 0.3 is 0 Å². The summed E-state index contributed by atoms with van der Waals surface area (Å²) >= 11 is 0. The van der Waals surface area contributed by atoms with Gasteiger partial charge in [0.2, 0.25) is 0 Å². The topological polar surface area (TPSA) is 18.5 Å². The summed E-state index contributed by atoms with van der Waals surface area (Å²) in [5, 5.41) is 2.50. The van der Waals surface area contributed by atoms with Crippen molar-refractivity contribution in [1.29, 1.82) is 0 Å². The molecule has 3 rings (SSSR count). The lowest BCUT2D eigenvalue weighted by molar-refractivity contribution is -0.256. The second kappa shape index (κ2) is 4.38. The Labute approximate surface area is 108 Å². The van der Waals surface area contributed by atoms with Gasteiger partial charge in [-0.05, 0) is 30.2 Å². The largest absolute Gasteiger partial charge is 0.350 e. The van der Waals surface area contributed by atoms with Crippen molar-refractivity contribution in [2.24, 2.45) is 0 Å². The van der Waals surface area contributed by atoms with E-state index in [0.717, 1.165) is 0 Å². The maximum Gasteiger partial charge on any atom is 0.163 e. The van der Waals surface area contributed by atoms with E-state index in [9.17, 15) is 0 Å². The number of hydrogen-bond donors (Lipinski definition) is 0. The molecule has 2 aromatic carbocycles. The zero-order chi connectivity index (χ0) is 12.6. The van der Waals surface area contributed by atoms with Gasteiger partial charge in [-0.2, -0.15) is 0 Å². The third-order valence-electron chi connectivity index (χ3n) is 3.28. The monoisotopic (exact) mass is 241 g/mol. The highest BCUT2D eigenvalue weighted by Crippen LogP contribution is 2.35. The van der Waals surface area contributed by atoms with Gasteiger partial charge in [-0.25, -0.2) is 0 Å².